The molecule has 0 unspecified atom stereocenters. The molecule has 0 heterocycles. The van der Waals surface area contributed by atoms with Crippen LogP contribution < -0.4 is 5.32 Å². The summed E-state index contributed by atoms with van der Waals surface area (Å²) in [6.45, 7) is 3.02. The Morgan fingerprint density at radius 3 is 2.30 bits per heavy atom. The van der Waals surface area contributed by atoms with Crippen molar-refractivity contribution >= 4 is 5.97 Å². The highest BCUT2D eigenvalue weighted by Gasteiger charge is 2.02. The van der Waals surface area contributed by atoms with Gasteiger partial charge < -0.3 is 10.4 Å². The monoisotopic (exact) mass is 273 g/mol. The lowest BCUT2D eigenvalue weighted by atomic mass is 10.1. The lowest BCUT2D eigenvalue weighted by Gasteiger charge is -2.07. The summed E-state index contributed by atoms with van der Waals surface area (Å²) in [5.74, 6) is -1.12. The fourth-order valence-corrected chi connectivity index (χ4v) is 1.93. The molecular formula is C16H16FNO2. The standard InChI is InChI=1S/C16H16FNO2/c1-11-8-13(4-7-15(11)17)10-18-9-12-2-5-14(6-3-12)16(19)20/h2-8,18H,9-10H2,1H3,(H,19,20). The molecule has 0 radical (unpaired) electrons. The van der Waals surface area contributed by atoms with Gasteiger partial charge in [-0.3, -0.25) is 0 Å². The van der Waals surface area contributed by atoms with Crippen LogP contribution in [0.25, 0.3) is 0 Å². The van der Waals surface area contributed by atoms with Crippen LogP contribution >= 0.6 is 0 Å². The van der Waals surface area contributed by atoms with Crippen LogP contribution in [0, 0.1) is 12.7 Å². The van der Waals surface area contributed by atoms with Crippen LogP contribution in [0.1, 0.15) is 27.0 Å². The van der Waals surface area contributed by atoms with E-state index in [1.807, 2.05) is 6.07 Å². The number of rotatable bonds is 5. The summed E-state index contributed by atoms with van der Waals surface area (Å²) >= 11 is 0. The van der Waals surface area contributed by atoms with Crippen LogP contribution in [0.2, 0.25) is 0 Å². The zero-order chi connectivity index (χ0) is 14.5. The van der Waals surface area contributed by atoms with Crippen molar-refractivity contribution in [3.8, 4) is 0 Å². The zero-order valence-corrected chi connectivity index (χ0v) is 11.2. The molecule has 3 nitrogen and oxygen atoms in total. The van der Waals surface area contributed by atoms with E-state index >= 15 is 0 Å². The van der Waals surface area contributed by atoms with E-state index in [0.29, 0.717) is 18.7 Å². The van der Waals surface area contributed by atoms with Gasteiger partial charge in [0.05, 0.1) is 5.56 Å². The fourth-order valence-electron chi connectivity index (χ4n) is 1.93. The van der Waals surface area contributed by atoms with Crippen molar-refractivity contribution in [2.75, 3.05) is 0 Å². The van der Waals surface area contributed by atoms with E-state index in [9.17, 15) is 9.18 Å². The smallest absolute Gasteiger partial charge is 0.335 e. The van der Waals surface area contributed by atoms with E-state index in [2.05, 4.69) is 5.32 Å². The van der Waals surface area contributed by atoms with E-state index in [1.54, 1.807) is 37.3 Å². The number of carbonyl (C=O) groups is 1. The number of nitrogens with one attached hydrogen (secondary N) is 1. The maximum absolute atomic E-state index is 13.1. The first-order valence-electron chi connectivity index (χ1n) is 6.34. The number of hydrogen-bond donors (Lipinski definition) is 2. The van der Waals surface area contributed by atoms with Crippen LogP contribution in [0.3, 0.4) is 0 Å². The second-order valence-electron chi connectivity index (χ2n) is 4.69. The Kier molecular flexibility index (Phi) is 4.48. The third-order valence-corrected chi connectivity index (χ3v) is 3.08. The van der Waals surface area contributed by atoms with Crippen LogP contribution in [0.15, 0.2) is 42.5 Å². The van der Waals surface area contributed by atoms with Crippen molar-refractivity contribution in [2.45, 2.75) is 20.0 Å². The van der Waals surface area contributed by atoms with Crippen molar-refractivity contribution in [3.63, 3.8) is 0 Å². The highest BCUT2D eigenvalue weighted by Crippen LogP contribution is 2.09. The van der Waals surface area contributed by atoms with Crippen molar-refractivity contribution in [1.82, 2.24) is 5.32 Å². The largest absolute Gasteiger partial charge is 0.478 e. The Bertz CT molecular complexity index is 608. The van der Waals surface area contributed by atoms with Gasteiger partial charge in [-0.1, -0.05) is 24.3 Å². The van der Waals surface area contributed by atoms with Gasteiger partial charge in [0, 0.05) is 13.1 Å². The van der Waals surface area contributed by atoms with Crippen LogP contribution in [-0.4, -0.2) is 11.1 Å². The summed E-state index contributed by atoms with van der Waals surface area (Å²) < 4.78 is 13.1. The second-order valence-corrected chi connectivity index (χ2v) is 4.69. The molecular weight excluding hydrogens is 257 g/mol. The Morgan fingerprint density at radius 1 is 1.10 bits per heavy atom. The van der Waals surface area contributed by atoms with E-state index in [0.717, 1.165) is 11.1 Å². The lowest BCUT2D eigenvalue weighted by molar-refractivity contribution is 0.0697. The van der Waals surface area contributed by atoms with Gasteiger partial charge in [-0.25, -0.2) is 9.18 Å². The van der Waals surface area contributed by atoms with Crippen molar-refractivity contribution < 1.29 is 14.3 Å². The molecule has 0 aromatic heterocycles. The quantitative estimate of drug-likeness (QED) is 0.880. The Labute approximate surface area is 117 Å². The summed E-state index contributed by atoms with van der Waals surface area (Å²) in [4.78, 5) is 10.7. The van der Waals surface area contributed by atoms with E-state index in [4.69, 9.17) is 5.11 Å². The number of aromatic carboxylic acids is 1. The molecule has 20 heavy (non-hydrogen) atoms. The number of benzene rings is 2. The molecule has 0 amide bonds. The zero-order valence-electron chi connectivity index (χ0n) is 11.2. The second kappa shape index (κ2) is 6.30. The third-order valence-electron chi connectivity index (χ3n) is 3.08. The van der Waals surface area contributed by atoms with Gasteiger partial charge in [-0.2, -0.15) is 0 Å². The van der Waals surface area contributed by atoms with Gasteiger partial charge in [0.2, 0.25) is 0 Å². The lowest BCUT2D eigenvalue weighted by Crippen LogP contribution is -2.13. The Hall–Kier alpha value is -2.20. The fraction of sp³-hybridized carbons (Fsp3) is 0.188. The predicted octanol–water partition coefficient (Wildman–Crippen LogP) is 3.12. The number of carboxylic acid groups (broad SMARTS) is 1. The summed E-state index contributed by atoms with van der Waals surface area (Å²) in [6.07, 6.45) is 0. The molecule has 0 fully saturated rings. The molecule has 2 N–H and O–H groups in total. The molecule has 2 aromatic rings. The highest BCUT2D eigenvalue weighted by molar-refractivity contribution is 5.87. The number of carboxylic acids is 1. The molecule has 0 spiro atoms. The van der Waals surface area contributed by atoms with Gasteiger partial charge in [0.15, 0.2) is 0 Å². The van der Waals surface area contributed by atoms with E-state index in [1.165, 1.54) is 6.07 Å². The minimum atomic E-state index is -0.925. The molecule has 0 saturated carbocycles. The highest BCUT2D eigenvalue weighted by atomic mass is 19.1. The van der Waals surface area contributed by atoms with Crippen molar-refractivity contribution in [2.24, 2.45) is 0 Å². The summed E-state index contributed by atoms with van der Waals surface area (Å²) in [5, 5.41) is 12.0. The molecule has 104 valence electrons. The Morgan fingerprint density at radius 2 is 1.70 bits per heavy atom. The minimum absolute atomic E-state index is 0.196. The average molecular weight is 273 g/mol. The van der Waals surface area contributed by atoms with E-state index in [-0.39, 0.29) is 11.4 Å². The molecule has 0 aliphatic rings. The van der Waals surface area contributed by atoms with Gasteiger partial charge in [-0.05, 0) is 41.8 Å². The van der Waals surface area contributed by atoms with Crippen LogP contribution in [0.5, 0.6) is 0 Å². The first-order chi connectivity index (χ1) is 9.56. The van der Waals surface area contributed by atoms with Gasteiger partial charge in [0.25, 0.3) is 0 Å². The summed E-state index contributed by atoms with van der Waals surface area (Å²) in [5.41, 5.74) is 2.94. The van der Waals surface area contributed by atoms with Crippen LogP contribution in [0.4, 0.5) is 4.39 Å². The van der Waals surface area contributed by atoms with Gasteiger partial charge in [0.1, 0.15) is 5.82 Å². The minimum Gasteiger partial charge on any atom is -0.478 e. The predicted molar refractivity (Wildman–Crippen MR) is 75.1 cm³/mol. The summed E-state index contributed by atoms with van der Waals surface area (Å²) in [7, 11) is 0. The maximum atomic E-state index is 13.1. The molecule has 2 rings (SSSR count). The van der Waals surface area contributed by atoms with Crippen molar-refractivity contribution in [3.05, 3.63) is 70.5 Å². The molecule has 0 aliphatic heterocycles. The average Bonchev–Trinajstić information content (AvgIpc) is 2.43. The maximum Gasteiger partial charge on any atom is 0.335 e. The van der Waals surface area contributed by atoms with Gasteiger partial charge >= 0.3 is 5.97 Å². The molecule has 0 aliphatic carbocycles. The SMILES string of the molecule is Cc1cc(CNCc2ccc(C(=O)O)cc2)ccc1F. The first-order valence-corrected chi connectivity index (χ1v) is 6.34. The molecule has 0 atom stereocenters. The number of aryl methyl sites for hydroxylation is 1. The first kappa shape index (κ1) is 14.2. The number of halogens is 1. The molecule has 4 heteroatoms. The molecule has 2 aromatic carbocycles. The molecule has 0 saturated heterocycles. The van der Waals surface area contributed by atoms with Crippen molar-refractivity contribution in [1.29, 1.82) is 0 Å². The third kappa shape index (κ3) is 3.65. The van der Waals surface area contributed by atoms with Crippen LogP contribution in [-0.2, 0) is 13.1 Å². The number of hydrogen-bond acceptors (Lipinski definition) is 2. The summed E-state index contributed by atoms with van der Waals surface area (Å²) in [6, 6.07) is 11.8. The topological polar surface area (TPSA) is 49.3 Å². The van der Waals surface area contributed by atoms with E-state index < -0.39 is 5.97 Å². The normalized spacial score (nSPS) is 10.5. The van der Waals surface area contributed by atoms with Gasteiger partial charge in [-0.15, -0.1) is 0 Å². The Balaban J connectivity index is 1.89. The molecule has 0 bridgehead atoms.